The minimum Gasteiger partial charge on any atom is -0.352 e. The van der Waals surface area contributed by atoms with Crippen LogP contribution in [-0.4, -0.2) is 12.1 Å². The van der Waals surface area contributed by atoms with Gasteiger partial charge in [0.2, 0.25) is 0 Å². The molecule has 0 unspecified atom stereocenters. The SMILES string of the molecule is NC(N)=O.O=C(Nc1ccccc1)Nc1ccccc1. The van der Waals surface area contributed by atoms with Crippen LogP contribution >= 0.6 is 0 Å². The smallest absolute Gasteiger partial charge is 0.323 e. The summed E-state index contributed by atoms with van der Waals surface area (Å²) in [4.78, 5) is 20.6. The zero-order valence-electron chi connectivity index (χ0n) is 10.7. The number of urea groups is 2. The molecule has 0 saturated carbocycles. The topological polar surface area (TPSA) is 110 Å². The minimum atomic E-state index is -0.833. The van der Waals surface area contributed by atoms with Gasteiger partial charge in [0.05, 0.1) is 0 Å². The van der Waals surface area contributed by atoms with Gasteiger partial charge in [-0.15, -0.1) is 0 Å². The molecule has 6 N–H and O–H groups in total. The van der Waals surface area contributed by atoms with Gasteiger partial charge in [-0.2, -0.15) is 0 Å². The van der Waals surface area contributed by atoms with E-state index in [1.54, 1.807) is 0 Å². The van der Waals surface area contributed by atoms with E-state index < -0.39 is 6.03 Å². The molecule has 2 rings (SSSR count). The molecular formula is C14H16N4O2. The summed E-state index contributed by atoms with van der Waals surface area (Å²) in [6.45, 7) is 0. The largest absolute Gasteiger partial charge is 0.352 e. The molecule has 2 aromatic rings. The van der Waals surface area contributed by atoms with Crippen LogP contribution in [0.1, 0.15) is 0 Å². The lowest BCUT2D eigenvalue weighted by molar-refractivity contribution is 0.256. The van der Waals surface area contributed by atoms with E-state index in [0.717, 1.165) is 11.4 Å². The number of carbonyl (C=O) groups excluding carboxylic acids is 2. The standard InChI is InChI=1S/C13H12N2O.CH4N2O/c16-13(14-11-7-3-1-4-8-11)15-12-9-5-2-6-10-12;2-1(3)4/h1-10H,(H2,14,15,16);(H4,2,3,4). The predicted octanol–water partition coefficient (Wildman–Crippen LogP) is 2.35. The minimum absolute atomic E-state index is 0.239. The fourth-order valence-corrected chi connectivity index (χ4v) is 1.34. The second kappa shape index (κ2) is 8.15. The average molecular weight is 272 g/mol. The number of hydrogen-bond acceptors (Lipinski definition) is 2. The Balaban J connectivity index is 0.000000444. The summed E-state index contributed by atoms with van der Waals surface area (Å²) in [6.07, 6.45) is 0. The summed E-state index contributed by atoms with van der Waals surface area (Å²) >= 11 is 0. The first kappa shape index (κ1) is 15.0. The second-order valence-corrected chi connectivity index (χ2v) is 3.71. The van der Waals surface area contributed by atoms with Crippen molar-refractivity contribution in [2.75, 3.05) is 10.6 Å². The molecule has 0 heterocycles. The van der Waals surface area contributed by atoms with Gasteiger partial charge in [-0.25, -0.2) is 9.59 Å². The molecule has 0 aliphatic heterocycles. The highest BCUT2D eigenvalue weighted by atomic mass is 16.2. The van der Waals surface area contributed by atoms with Crippen LogP contribution < -0.4 is 22.1 Å². The molecule has 0 aliphatic carbocycles. The van der Waals surface area contributed by atoms with Crippen molar-refractivity contribution in [3.63, 3.8) is 0 Å². The fraction of sp³-hybridized carbons (Fsp3) is 0. The molecule has 104 valence electrons. The lowest BCUT2D eigenvalue weighted by Gasteiger charge is -2.06. The van der Waals surface area contributed by atoms with E-state index in [2.05, 4.69) is 22.1 Å². The maximum absolute atomic E-state index is 11.6. The number of benzene rings is 2. The van der Waals surface area contributed by atoms with E-state index in [1.165, 1.54) is 0 Å². The van der Waals surface area contributed by atoms with Crippen LogP contribution in [0.4, 0.5) is 21.0 Å². The van der Waals surface area contributed by atoms with Crippen LogP contribution in [0.25, 0.3) is 0 Å². The van der Waals surface area contributed by atoms with E-state index in [4.69, 9.17) is 4.79 Å². The van der Waals surface area contributed by atoms with Gasteiger partial charge in [0.1, 0.15) is 0 Å². The monoisotopic (exact) mass is 272 g/mol. The summed E-state index contributed by atoms with van der Waals surface area (Å²) in [5.74, 6) is 0. The summed E-state index contributed by atoms with van der Waals surface area (Å²) in [5.41, 5.74) is 10.0. The number of primary amides is 2. The lowest BCUT2D eigenvalue weighted by atomic mass is 10.3. The average Bonchev–Trinajstić information content (AvgIpc) is 2.40. The van der Waals surface area contributed by atoms with Crippen LogP contribution in [-0.2, 0) is 0 Å². The van der Waals surface area contributed by atoms with E-state index in [0.29, 0.717) is 0 Å². The van der Waals surface area contributed by atoms with Crippen LogP contribution in [0.3, 0.4) is 0 Å². The van der Waals surface area contributed by atoms with Crippen LogP contribution in [0.2, 0.25) is 0 Å². The molecule has 0 atom stereocenters. The zero-order chi connectivity index (χ0) is 14.8. The molecule has 4 amide bonds. The van der Waals surface area contributed by atoms with E-state index >= 15 is 0 Å². The Labute approximate surface area is 116 Å². The zero-order valence-corrected chi connectivity index (χ0v) is 10.7. The van der Waals surface area contributed by atoms with Gasteiger partial charge in [0.25, 0.3) is 0 Å². The molecule has 0 radical (unpaired) electrons. The lowest BCUT2D eigenvalue weighted by Crippen LogP contribution is -2.19. The Morgan fingerprint density at radius 2 is 1.00 bits per heavy atom. The number of amides is 4. The Hall–Kier alpha value is -3.02. The predicted molar refractivity (Wildman–Crippen MR) is 79.3 cm³/mol. The van der Waals surface area contributed by atoms with Crippen LogP contribution in [0.5, 0.6) is 0 Å². The van der Waals surface area contributed by atoms with Crippen LogP contribution in [0, 0.1) is 0 Å². The fourth-order valence-electron chi connectivity index (χ4n) is 1.34. The van der Waals surface area contributed by atoms with Crippen molar-refractivity contribution in [2.45, 2.75) is 0 Å². The number of anilines is 2. The first-order chi connectivity index (χ1) is 9.58. The van der Waals surface area contributed by atoms with Gasteiger partial charge in [0.15, 0.2) is 0 Å². The van der Waals surface area contributed by atoms with E-state index in [-0.39, 0.29) is 6.03 Å². The van der Waals surface area contributed by atoms with Crippen molar-refractivity contribution in [2.24, 2.45) is 11.5 Å². The number of nitrogens with two attached hydrogens (primary N) is 2. The first-order valence-electron chi connectivity index (χ1n) is 5.81. The summed E-state index contributed by atoms with van der Waals surface area (Å²) < 4.78 is 0. The molecule has 6 heteroatoms. The molecule has 20 heavy (non-hydrogen) atoms. The highest BCUT2D eigenvalue weighted by Gasteiger charge is 2.00. The molecular weight excluding hydrogens is 256 g/mol. The molecule has 0 fully saturated rings. The molecule has 0 spiro atoms. The molecule has 6 nitrogen and oxygen atoms in total. The summed E-state index contributed by atoms with van der Waals surface area (Å²) in [6, 6.07) is 17.6. The highest BCUT2D eigenvalue weighted by molar-refractivity contribution is 5.99. The van der Waals surface area contributed by atoms with Crippen molar-refractivity contribution in [3.8, 4) is 0 Å². The Morgan fingerprint density at radius 1 is 0.700 bits per heavy atom. The van der Waals surface area contributed by atoms with Crippen molar-refractivity contribution >= 4 is 23.4 Å². The molecule has 0 aromatic heterocycles. The third-order valence-corrected chi connectivity index (χ3v) is 2.06. The second-order valence-electron chi connectivity index (χ2n) is 3.71. The normalized spacial score (nSPS) is 8.80. The Bertz CT molecular complexity index is 496. The molecule has 0 saturated heterocycles. The van der Waals surface area contributed by atoms with Gasteiger partial charge < -0.3 is 22.1 Å². The number of rotatable bonds is 2. The third kappa shape index (κ3) is 6.65. The van der Waals surface area contributed by atoms with Gasteiger partial charge in [0, 0.05) is 11.4 Å². The van der Waals surface area contributed by atoms with Crippen molar-refractivity contribution in [3.05, 3.63) is 60.7 Å². The van der Waals surface area contributed by atoms with Crippen molar-refractivity contribution in [1.29, 1.82) is 0 Å². The van der Waals surface area contributed by atoms with Gasteiger partial charge >= 0.3 is 12.1 Å². The first-order valence-corrected chi connectivity index (χ1v) is 5.81. The van der Waals surface area contributed by atoms with Crippen LogP contribution in [0.15, 0.2) is 60.7 Å². The van der Waals surface area contributed by atoms with Gasteiger partial charge in [-0.05, 0) is 24.3 Å². The molecule has 2 aromatic carbocycles. The third-order valence-electron chi connectivity index (χ3n) is 2.06. The number of hydrogen-bond donors (Lipinski definition) is 4. The van der Waals surface area contributed by atoms with Crippen molar-refractivity contribution < 1.29 is 9.59 Å². The number of nitrogens with one attached hydrogen (secondary N) is 2. The molecule has 0 bridgehead atoms. The Kier molecular flexibility index (Phi) is 6.13. The molecule has 0 aliphatic rings. The maximum Gasteiger partial charge on any atom is 0.323 e. The summed E-state index contributed by atoms with van der Waals surface area (Å²) in [7, 11) is 0. The van der Waals surface area contributed by atoms with E-state index in [1.807, 2.05) is 60.7 Å². The van der Waals surface area contributed by atoms with Crippen molar-refractivity contribution in [1.82, 2.24) is 0 Å². The van der Waals surface area contributed by atoms with Gasteiger partial charge in [-0.1, -0.05) is 36.4 Å². The quantitative estimate of drug-likeness (QED) is 0.673. The van der Waals surface area contributed by atoms with Gasteiger partial charge in [-0.3, -0.25) is 0 Å². The number of carbonyl (C=O) groups is 2. The summed E-state index contributed by atoms with van der Waals surface area (Å²) in [5, 5.41) is 5.48. The maximum atomic E-state index is 11.6. The van der Waals surface area contributed by atoms with E-state index in [9.17, 15) is 4.79 Å². The highest BCUT2D eigenvalue weighted by Crippen LogP contribution is 2.08. The Morgan fingerprint density at radius 3 is 1.30 bits per heavy atom. The number of para-hydroxylation sites is 2.